The fourth-order valence-corrected chi connectivity index (χ4v) is 7.62. The molecular weight excluding hydrogens is 444 g/mol. The maximum absolute atomic E-state index is 12.7. The van der Waals surface area contributed by atoms with Crippen LogP contribution in [0.2, 0.25) is 0 Å². The summed E-state index contributed by atoms with van der Waals surface area (Å²) in [6, 6.07) is 4.01. The second kappa shape index (κ2) is 9.86. The van der Waals surface area contributed by atoms with Gasteiger partial charge < -0.3 is 23.9 Å². The molecule has 2 aliphatic heterocycles. The van der Waals surface area contributed by atoms with Gasteiger partial charge in [-0.2, -0.15) is 0 Å². The Morgan fingerprint density at radius 2 is 1.84 bits per heavy atom. The molecule has 2 saturated heterocycles. The highest BCUT2D eigenvalue weighted by atomic mass is 32.3. The van der Waals surface area contributed by atoms with Crippen LogP contribution in [0.4, 0.5) is 4.79 Å². The quantitative estimate of drug-likeness (QED) is 0.524. The van der Waals surface area contributed by atoms with E-state index in [1.54, 1.807) is 18.3 Å². The predicted octanol–water partition coefficient (Wildman–Crippen LogP) is 2.24. The third kappa shape index (κ3) is 4.75. The van der Waals surface area contributed by atoms with Crippen molar-refractivity contribution in [3.63, 3.8) is 0 Å². The van der Waals surface area contributed by atoms with Crippen LogP contribution >= 0.6 is 21.9 Å². The van der Waals surface area contributed by atoms with Crippen LogP contribution in [0.15, 0.2) is 17.5 Å². The molecule has 3 N–H and O–H groups in total. The molecule has 1 amide bonds. The number of thiophene rings is 1. The molecule has 11 heteroatoms. The normalized spacial score (nSPS) is 34.1. The van der Waals surface area contributed by atoms with E-state index in [1.165, 1.54) is 4.88 Å². The highest BCUT2D eigenvalue weighted by Gasteiger charge is 2.56. The van der Waals surface area contributed by atoms with Gasteiger partial charge in [0.2, 0.25) is 0 Å². The number of nitrogens with zero attached hydrogens (tertiary/aromatic N) is 1. The highest BCUT2D eigenvalue weighted by Crippen LogP contribution is 2.62. The number of nitrogens with one attached hydrogen (secondary N) is 1. The number of aliphatic hydroxyl groups is 2. The molecule has 174 valence electrons. The van der Waals surface area contributed by atoms with E-state index in [-0.39, 0.29) is 12.1 Å². The summed E-state index contributed by atoms with van der Waals surface area (Å²) in [5.41, 5.74) is 0. The Balaban J connectivity index is 1.73. The smallest absolute Gasteiger partial charge is 0.361 e. The van der Waals surface area contributed by atoms with E-state index in [9.17, 15) is 24.6 Å². The molecule has 1 aromatic rings. The Morgan fingerprint density at radius 3 is 2.39 bits per heavy atom. The van der Waals surface area contributed by atoms with Crippen molar-refractivity contribution in [2.24, 2.45) is 0 Å². The molecule has 0 aliphatic carbocycles. The van der Waals surface area contributed by atoms with Crippen molar-refractivity contribution in [1.82, 2.24) is 10.2 Å². The molecule has 2 aliphatic rings. The number of hydrogen-bond acceptors (Lipinski definition) is 9. The molecule has 1 aromatic heterocycles. The largest absolute Gasteiger partial charge is 0.379 e. The Hall–Kier alpha value is -1.66. The zero-order valence-corrected chi connectivity index (χ0v) is 19.5. The molecule has 0 bridgehead atoms. The molecule has 2 fully saturated rings. The van der Waals surface area contributed by atoms with Crippen molar-refractivity contribution in [3.8, 4) is 0 Å². The maximum Gasteiger partial charge on any atom is 0.361 e. The average molecular weight is 475 g/mol. The molecule has 5 unspecified atom stereocenters. The van der Waals surface area contributed by atoms with Crippen molar-refractivity contribution >= 4 is 39.1 Å². The van der Waals surface area contributed by atoms with Crippen molar-refractivity contribution in [2.45, 2.75) is 69.6 Å². The second-order valence-corrected chi connectivity index (χ2v) is 11.2. The minimum absolute atomic E-state index is 0.251. The van der Waals surface area contributed by atoms with Gasteiger partial charge in [0, 0.05) is 10.9 Å². The molecule has 5 atom stereocenters. The third-order valence-corrected chi connectivity index (χ3v) is 9.64. The molecule has 1 spiro atoms. The molecule has 31 heavy (non-hydrogen) atoms. The van der Waals surface area contributed by atoms with Gasteiger partial charge in [-0.25, -0.2) is 14.4 Å². The maximum atomic E-state index is 12.7. The summed E-state index contributed by atoms with van der Waals surface area (Å²) in [7, 11) is -3.29. The first-order valence-electron chi connectivity index (χ1n) is 10.4. The van der Waals surface area contributed by atoms with Gasteiger partial charge in [0.05, 0.1) is 11.3 Å². The van der Waals surface area contributed by atoms with Gasteiger partial charge in [-0.3, -0.25) is 4.90 Å². The second-order valence-electron chi connectivity index (χ2n) is 7.87. The number of rotatable bonds is 8. The number of carbonyl (C=O) groups is 3. The molecular formula is C20H30N2O7S2. The van der Waals surface area contributed by atoms with Gasteiger partial charge >= 0.3 is 17.2 Å². The van der Waals surface area contributed by atoms with E-state index in [2.05, 4.69) is 35.5 Å². The Kier molecular flexibility index (Phi) is 7.63. The lowest BCUT2D eigenvalue weighted by Crippen LogP contribution is -2.38. The highest BCUT2D eigenvalue weighted by molar-refractivity contribution is 8.39. The fourth-order valence-electron chi connectivity index (χ4n) is 3.98. The van der Waals surface area contributed by atoms with Gasteiger partial charge in [0.25, 0.3) is 0 Å². The predicted molar refractivity (Wildman–Crippen MR) is 117 cm³/mol. The van der Waals surface area contributed by atoms with Crippen LogP contribution < -0.4 is 5.32 Å². The minimum atomic E-state index is -3.29. The lowest BCUT2D eigenvalue weighted by molar-refractivity contribution is -0.156. The van der Waals surface area contributed by atoms with E-state index >= 15 is 0 Å². The SMILES string of the molecule is CCCN(CCCC1C(C)NC(=O)S12OC(=O)C(O)C(O)C(=O)O2)C(C)c1cccs1. The van der Waals surface area contributed by atoms with Crippen LogP contribution in [0.25, 0.3) is 0 Å². The summed E-state index contributed by atoms with van der Waals surface area (Å²) in [6.45, 7) is 7.72. The topological polar surface area (TPSA) is 125 Å². The van der Waals surface area contributed by atoms with Crippen molar-refractivity contribution in [2.75, 3.05) is 13.1 Å². The summed E-state index contributed by atoms with van der Waals surface area (Å²) >= 11 is 1.71. The number of hydrogen-bond donors (Lipinski definition) is 3. The summed E-state index contributed by atoms with van der Waals surface area (Å²) in [4.78, 5) is 40.7. The van der Waals surface area contributed by atoms with E-state index in [1.807, 2.05) is 6.07 Å². The first kappa shape index (κ1) is 24.0. The molecule has 3 rings (SSSR count). The van der Waals surface area contributed by atoms with E-state index in [0.29, 0.717) is 12.8 Å². The van der Waals surface area contributed by atoms with Gasteiger partial charge in [-0.05, 0) is 68.2 Å². The lowest BCUT2D eigenvalue weighted by Gasteiger charge is -2.39. The first-order chi connectivity index (χ1) is 14.7. The molecule has 0 aromatic carbocycles. The van der Waals surface area contributed by atoms with Crippen LogP contribution in [-0.2, 0) is 18.0 Å². The van der Waals surface area contributed by atoms with Crippen LogP contribution in [0.3, 0.4) is 0 Å². The zero-order chi connectivity index (χ0) is 22.8. The summed E-state index contributed by atoms with van der Waals surface area (Å²) in [5.74, 6) is -2.44. The van der Waals surface area contributed by atoms with Crippen LogP contribution in [0.5, 0.6) is 0 Å². The zero-order valence-electron chi connectivity index (χ0n) is 17.9. The first-order valence-corrected chi connectivity index (χ1v) is 12.9. The van der Waals surface area contributed by atoms with E-state index in [4.69, 9.17) is 8.37 Å². The standard InChI is InChI=1S/C20H30N2O7S2/c1-4-9-22(13(3)14-7-6-11-30-14)10-5-8-15-12(2)21-20(27)31(15)28-18(25)16(23)17(24)19(26)29-31/h6-7,11-13,15-17,23-24H,4-5,8-10H2,1-3H3,(H,21,27). The summed E-state index contributed by atoms with van der Waals surface area (Å²) in [5, 5.41) is 23.1. The van der Waals surface area contributed by atoms with Gasteiger partial charge in [0.15, 0.2) is 12.2 Å². The molecule has 0 radical (unpaired) electrons. The van der Waals surface area contributed by atoms with Crippen LogP contribution in [-0.4, -0.2) is 68.9 Å². The fraction of sp³-hybridized carbons (Fsp3) is 0.650. The monoisotopic (exact) mass is 474 g/mol. The minimum Gasteiger partial charge on any atom is -0.379 e. The van der Waals surface area contributed by atoms with Gasteiger partial charge in [-0.1, -0.05) is 13.0 Å². The van der Waals surface area contributed by atoms with Crippen molar-refractivity contribution in [1.29, 1.82) is 0 Å². The average Bonchev–Trinajstić information content (AvgIpc) is 3.32. The number of aliphatic hydroxyl groups excluding tert-OH is 2. The number of amides is 1. The Labute approximate surface area is 187 Å². The molecule has 0 saturated carbocycles. The van der Waals surface area contributed by atoms with Crippen molar-refractivity contribution in [3.05, 3.63) is 22.4 Å². The van der Waals surface area contributed by atoms with E-state index in [0.717, 1.165) is 19.5 Å². The lowest BCUT2D eigenvalue weighted by atomic mass is 10.1. The summed E-state index contributed by atoms with van der Waals surface area (Å²) in [6.07, 6.45) is -1.99. The van der Waals surface area contributed by atoms with E-state index < -0.39 is 45.2 Å². The van der Waals surface area contributed by atoms with Gasteiger partial charge in [0.1, 0.15) is 0 Å². The van der Waals surface area contributed by atoms with Crippen LogP contribution in [0, 0.1) is 0 Å². The summed E-state index contributed by atoms with van der Waals surface area (Å²) < 4.78 is 10.6. The molecule has 3 heterocycles. The number of carbonyl (C=O) groups excluding carboxylic acids is 3. The Morgan fingerprint density at radius 1 is 1.19 bits per heavy atom. The Bertz CT molecular complexity index is 781. The third-order valence-electron chi connectivity index (χ3n) is 5.70. The van der Waals surface area contributed by atoms with Crippen LogP contribution in [0.1, 0.15) is 51.0 Å². The molecule has 9 nitrogen and oxygen atoms in total. The van der Waals surface area contributed by atoms with Gasteiger partial charge in [-0.15, -0.1) is 11.3 Å². The van der Waals surface area contributed by atoms with Crippen molar-refractivity contribution < 1.29 is 33.0 Å².